The summed E-state index contributed by atoms with van der Waals surface area (Å²) in [5.41, 5.74) is 1.17. The number of hydrogen-bond donors (Lipinski definition) is 0. The number of nitrogens with zero attached hydrogens (tertiary/aromatic N) is 3. The maximum absolute atomic E-state index is 13.4. The number of rotatable bonds is 8. The van der Waals surface area contributed by atoms with Crippen molar-refractivity contribution in [3.8, 4) is 5.75 Å². The average Bonchev–Trinajstić information content (AvgIpc) is 2.83. The number of carbonyl (C=O) groups is 2. The van der Waals surface area contributed by atoms with Crippen LogP contribution < -0.4 is 9.04 Å². The highest BCUT2D eigenvalue weighted by atomic mass is 32.2. The van der Waals surface area contributed by atoms with Crippen molar-refractivity contribution >= 4 is 27.7 Å². The Labute approximate surface area is 205 Å². The van der Waals surface area contributed by atoms with E-state index in [-0.39, 0.29) is 19.1 Å². The van der Waals surface area contributed by atoms with Crippen molar-refractivity contribution in [2.75, 3.05) is 50.0 Å². The van der Waals surface area contributed by atoms with Crippen molar-refractivity contribution < 1.29 is 31.9 Å². The van der Waals surface area contributed by atoms with E-state index in [2.05, 4.69) is 0 Å². The van der Waals surface area contributed by atoms with Crippen molar-refractivity contribution in [2.45, 2.75) is 20.4 Å². The smallest absolute Gasteiger partial charge is 0.409 e. The van der Waals surface area contributed by atoms with E-state index in [1.165, 1.54) is 24.3 Å². The molecule has 1 saturated heterocycles. The molecule has 35 heavy (non-hydrogen) atoms. The van der Waals surface area contributed by atoms with Crippen molar-refractivity contribution in [1.82, 2.24) is 9.80 Å². The molecule has 1 fully saturated rings. The van der Waals surface area contributed by atoms with E-state index in [9.17, 15) is 22.4 Å². The Morgan fingerprint density at radius 1 is 0.971 bits per heavy atom. The Morgan fingerprint density at radius 3 is 2.17 bits per heavy atom. The number of anilines is 1. The Hall–Kier alpha value is -3.34. The largest absolute Gasteiger partial charge is 0.494 e. The Balaban J connectivity index is 1.84. The van der Waals surface area contributed by atoms with Gasteiger partial charge >= 0.3 is 6.09 Å². The molecule has 1 aliphatic rings. The predicted molar refractivity (Wildman–Crippen MR) is 130 cm³/mol. The Morgan fingerprint density at radius 2 is 1.60 bits per heavy atom. The van der Waals surface area contributed by atoms with E-state index >= 15 is 0 Å². The van der Waals surface area contributed by atoms with Gasteiger partial charge in [-0.25, -0.2) is 17.6 Å². The second-order valence-electron chi connectivity index (χ2n) is 7.98. The molecule has 9 nitrogen and oxygen atoms in total. The van der Waals surface area contributed by atoms with Gasteiger partial charge < -0.3 is 19.3 Å². The lowest BCUT2D eigenvalue weighted by molar-refractivity contribution is 0.0570. The van der Waals surface area contributed by atoms with Crippen LogP contribution in [0.2, 0.25) is 0 Å². The first kappa shape index (κ1) is 26.3. The third kappa shape index (κ3) is 6.62. The second-order valence-corrected chi connectivity index (χ2v) is 9.89. The van der Waals surface area contributed by atoms with Crippen molar-refractivity contribution in [3.05, 3.63) is 59.4 Å². The summed E-state index contributed by atoms with van der Waals surface area (Å²) in [6.07, 6.45) is 0.666. The summed E-state index contributed by atoms with van der Waals surface area (Å²) in [6, 6.07) is 10.0. The molecule has 190 valence electrons. The molecule has 0 saturated carbocycles. The van der Waals surface area contributed by atoms with Gasteiger partial charge in [-0.15, -0.1) is 0 Å². The van der Waals surface area contributed by atoms with Crippen LogP contribution in [0, 0.1) is 5.82 Å². The fraction of sp³-hybridized carbons (Fsp3) is 0.417. The highest BCUT2D eigenvalue weighted by Crippen LogP contribution is 2.27. The minimum atomic E-state index is -3.72. The first-order valence-electron chi connectivity index (χ1n) is 11.3. The van der Waals surface area contributed by atoms with E-state index in [1.54, 1.807) is 41.8 Å². The fourth-order valence-electron chi connectivity index (χ4n) is 3.78. The number of halogens is 1. The predicted octanol–water partition coefficient (Wildman–Crippen LogP) is 3.10. The average molecular weight is 508 g/mol. The van der Waals surface area contributed by atoms with Crippen LogP contribution in [0.5, 0.6) is 5.75 Å². The number of sulfonamides is 1. The van der Waals surface area contributed by atoms with Crippen molar-refractivity contribution in [3.63, 3.8) is 0 Å². The van der Waals surface area contributed by atoms with Crippen LogP contribution in [0.25, 0.3) is 0 Å². The molecule has 2 amide bonds. The number of carbonyl (C=O) groups excluding carboxylic acids is 2. The third-order valence-electron chi connectivity index (χ3n) is 5.53. The van der Waals surface area contributed by atoms with Crippen LogP contribution in [0.1, 0.15) is 29.8 Å². The Bertz CT molecular complexity index is 1150. The van der Waals surface area contributed by atoms with Gasteiger partial charge in [0.05, 0.1) is 31.7 Å². The van der Waals surface area contributed by atoms with Crippen molar-refractivity contribution in [1.29, 1.82) is 0 Å². The molecule has 0 unspecified atom stereocenters. The number of piperazine rings is 1. The van der Waals surface area contributed by atoms with E-state index in [0.29, 0.717) is 55.3 Å². The first-order chi connectivity index (χ1) is 16.6. The van der Waals surface area contributed by atoms with Crippen LogP contribution in [0.3, 0.4) is 0 Å². The van der Waals surface area contributed by atoms with Gasteiger partial charge in [0, 0.05) is 37.3 Å². The molecule has 2 aromatic rings. The zero-order valence-electron chi connectivity index (χ0n) is 20.1. The summed E-state index contributed by atoms with van der Waals surface area (Å²) in [4.78, 5) is 28.3. The van der Waals surface area contributed by atoms with Gasteiger partial charge in [0.25, 0.3) is 5.91 Å². The normalized spacial score (nSPS) is 13.9. The van der Waals surface area contributed by atoms with Crippen LogP contribution in [0.15, 0.2) is 42.5 Å². The Kier molecular flexibility index (Phi) is 8.55. The van der Waals surface area contributed by atoms with Crippen molar-refractivity contribution in [2.24, 2.45) is 0 Å². The standard InChI is InChI=1S/C24H30FN3O6S/c1-4-33-22-11-6-18(23(29)26-12-14-27(15-13-26)24(30)34-5-2)16-19(22)17-28(35(3,31)32)21-9-7-20(25)8-10-21/h6-11,16H,4-5,12-15,17H2,1-3H3. The maximum atomic E-state index is 13.4. The van der Waals surface area contributed by atoms with E-state index in [1.807, 2.05) is 0 Å². The van der Waals surface area contributed by atoms with Gasteiger partial charge in [0.2, 0.25) is 10.0 Å². The summed E-state index contributed by atoms with van der Waals surface area (Å²) in [5.74, 6) is -0.259. The highest BCUT2D eigenvalue weighted by molar-refractivity contribution is 7.92. The monoisotopic (exact) mass is 507 g/mol. The molecule has 3 rings (SSSR count). The highest BCUT2D eigenvalue weighted by Gasteiger charge is 2.27. The van der Waals surface area contributed by atoms with Crippen LogP contribution >= 0.6 is 0 Å². The van der Waals surface area contributed by atoms with Gasteiger partial charge in [-0.2, -0.15) is 0 Å². The van der Waals surface area contributed by atoms with Gasteiger partial charge in [0.15, 0.2) is 0 Å². The molecular formula is C24H30FN3O6S. The summed E-state index contributed by atoms with van der Waals surface area (Å²) in [5, 5.41) is 0. The third-order valence-corrected chi connectivity index (χ3v) is 6.67. The summed E-state index contributed by atoms with van der Waals surface area (Å²) in [6.45, 7) is 5.51. The number of amides is 2. The van der Waals surface area contributed by atoms with Gasteiger partial charge in [-0.1, -0.05) is 0 Å². The molecular weight excluding hydrogens is 477 g/mol. The molecule has 0 radical (unpaired) electrons. The summed E-state index contributed by atoms with van der Waals surface area (Å²) < 4.78 is 50.4. The number of ether oxygens (including phenoxy) is 2. The molecule has 0 aromatic heterocycles. The van der Waals surface area contributed by atoms with E-state index in [0.717, 1.165) is 10.6 Å². The summed E-state index contributed by atoms with van der Waals surface area (Å²) >= 11 is 0. The van der Waals surface area contributed by atoms with Crippen LogP contribution in [0.4, 0.5) is 14.9 Å². The summed E-state index contributed by atoms with van der Waals surface area (Å²) in [7, 11) is -3.72. The quantitative estimate of drug-likeness (QED) is 0.545. The molecule has 0 bridgehead atoms. The topological polar surface area (TPSA) is 96.5 Å². The molecule has 0 atom stereocenters. The fourth-order valence-corrected chi connectivity index (χ4v) is 4.66. The lowest BCUT2D eigenvalue weighted by Gasteiger charge is -2.34. The van der Waals surface area contributed by atoms with E-state index < -0.39 is 21.9 Å². The molecule has 1 aliphatic heterocycles. The first-order valence-corrected chi connectivity index (χ1v) is 13.2. The van der Waals surface area contributed by atoms with Crippen LogP contribution in [-0.2, 0) is 21.3 Å². The molecule has 2 aromatic carbocycles. The van der Waals surface area contributed by atoms with E-state index in [4.69, 9.17) is 9.47 Å². The van der Waals surface area contributed by atoms with Gasteiger partial charge in [-0.3, -0.25) is 9.10 Å². The molecule has 1 heterocycles. The molecule has 11 heteroatoms. The number of benzene rings is 2. The minimum absolute atomic E-state index is 0.0996. The second kappa shape index (κ2) is 11.4. The number of hydrogen-bond acceptors (Lipinski definition) is 6. The van der Waals surface area contributed by atoms with Gasteiger partial charge in [-0.05, 0) is 56.3 Å². The molecule has 0 N–H and O–H groups in total. The molecule has 0 spiro atoms. The maximum Gasteiger partial charge on any atom is 0.409 e. The lowest BCUT2D eigenvalue weighted by atomic mass is 10.1. The lowest BCUT2D eigenvalue weighted by Crippen LogP contribution is -2.50. The minimum Gasteiger partial charge on any atom is -0.494 e. The zero-order chi connectivity index (χ0) is 25.6. The van der Waals surface area contributed by atoms with Gasteiger partial charge in [0.1, 0.15) is 11.6 Å². The zero-order valence-corrected chi connectivity index (χ0v) is 20.9. The SMILES string of the molecule is CCOC(=O)N1CCN(C(=O)c2ccc(OCC)c(CN(c3ccc(F)cc3)S(C)(=O)=O)c2)CC1. The molecule has 0 aliphatic carbocycles. The van der Waals surface area contributed by atoms with Crippen LogP contribution in [-0.4, -0.2) is 75.9 Å².